The molecule has 0 atom stereocenters. The van der Waals surface area contributed by atoms with E-state index in [1.54, 1.807) is 10.9 Å². The van der Waals surface area contributed by atoms with Gasteiger partial charge in [-0.2, -0.15) is 5.10 Å². The van der Waals surface area contributed by atoms with Gasteiger partial charge in [0.15, 0.2) is 0 Å². The average molecular weight is 243 g/mol. The summed E-state index contributed by atoms with van der Waals surface area (Å²) in [5.74, 6) is 0.227. The summed E-state index contributed by atoms with van der Waals surface area (Å²) in [5.41, 5.74) is 8.51. The maximum absolute atomic E-state index is 11.8. The molecule has 2 rings (SSSR count). The predicted octanol–water partition coefficient (Wildman–Crippen LogP) is 1.75. The van der Waals surface area contributed by atoms with Crippen molar-refractivity contribution in [2.45, 2.75) is 19.3 Å². The van der Waals surface area contributed by atoms with E-state index >= 15 is 0 Å². The average Bonchev–Trinajstić information content (AvgIpc) is 2.72. The fourth-order valence-electron chi connectivity index (χ4n) is 1.91. The second kappa shape index (κ2) is 5.49. The fraction of sp³-hybridized carbons (Fsp3) is 0.286. The number of Topliss-reactive ketones (excluding diaryl/α,β-unsaturated/α-hetero) is 1. The van der Waals surface area contributed by atoms with Crippen molar-refractivity contribution in [1.82, 2.24) is 9.78 Å². The number of nitrogen functional groups attached to an aromatic ring is 1. The zero-order valence-electron chi connectivity index (χ0n) is 10.5. The Morgan fingerprint density at radius 1 is 1.39 bits per heavy atom. The first-order valence-corrected chi connectivity index (χ1v) is 5.97. The number of hydrogen-bond acceptors (Lipinski definition) is 3. The van der Waals surface area contributed by atoms with Crippen molar-refractivity contribution < 1.29 is 4.79 Å². The van der Waals surface area contributed by atoms with Crippen molar-refractivity contribution in [3.05, 3.63) is 47.8 Å². The van der Waals surface area contributed by atoms with E-state index in [0.29, 0.717) is 12.8 Å². The van der Waals surface area contributed by atoms with E-state index in [2.05, 4.69) is 5.10 Å². The minimum absolute atomic E-state index is 0.227. The molecule has 0 saturated carbocycles. The SMILES string of the molecule is Cn1cc(CC(=O)CCc2cccc(N)c2)cn1. The van der Waals surface area contributed by atoms with Gasteiger partial charge in [-0.3, -0.25) is 9.48 Å². The molecule has 18 heavy (non-hydrogen) atoms. The Labute approximate surface area is 106 Å². The van der Waals surface area contributed by atoms with E-state index in [1.165, 1.54) is 0 Å². The van der Waals surface area contributed by atoms with Crippen LogP contribution in [-0.4, -0.2) is 15.6 Å². The molecule has 1 aromatic carbocycles. The normalized spacial score (nSPS) is 10.5. The van der Waals surface area contributed by atoms with Gasteiger partial charge in [-0.15, -0.1) is 0 Å². The molecule has 0 fully saturated rings. The Kier molecular flexibility index (Phi) is 3.77. The maximum Gasteiger partial charge on any atom is 0.137 e. The molecule has 0 bridgehead atoms. The minimum Gasteiger partial charge on any atom is -0.399 e. The Morgan fingerprint density at radius 3 is 2.89 bits per heavy atom. The quantitative estimate of drug-likeness (QED) is 0.814. The predicted molar refractivity (Wildman–Crippen MR) is 71.1 cm³/mol. The van der Waals surface area contributed by atoms with E-state index in [0.717, 1.165) is 23.2 Å². The lowest BCUT2D eigenvalue weighted by atomic mass is 10.0. The first kappa shape index (κ1) is 12.4. The summed E-state index contributed by atoms with van der Waals surface area (Å²) in [6.45, 7) is 0. The molecule has 1 aromatic heterocycles. The van der Waals surface area contributed by atoms with E-state index in [4.69, 9.17) is 5.73 Å². The van der Waals surface area contributed by atoms with Gasteiger partial charge in [-0.25, -0.2) is 0 Å². The number of nitrogens with two attached hydrogens (primary N) is 1. The highest BCUT2D eigenvalue weighted by atomic mass is 16.1. The second-order valence-corrected chi connectivity index (χ2v) is 4.48. The number of rotatable bonds is 5. The molecule has 1 heterocycles. The van der Waals surface area contributed by atoms with Crippen LogP contribution in [0.25, 0.3) is 0 Å². The monoisotopic (exact) mass is 243 g/mol. The van der Waals surface area contributed by atoms with E-state index < -0.39 is 0 Å². The highest BCUT2D eigenvalue weighted by molar-refractivity contribution is 5.80. The molecule has 4 nitrogen and oxygen atoms in total. The van der Waals surface area contributed by atoms with Crippen molar-refractivity contribution in [3.63, 3.8) is 0 Å². The fourth-order valence-corrected chi connectivity index (χ4v) is 1.91. The molecule has 2 aromatic rings. The van der Waals surface area contributed by atoms with Crippen LogP contribution in [0.4, 0.5) is 5.69 Å². The van der Waals surface area contributed by atoms with Crippen LogP contribution in [0.3, 0.4) is 0 Å². The third kappa shape index (κ3) is 3.45. The van der Waals surface area contributed by atoms with Crippen LogP contribution in [0.2, 0.25) is 0 Å². The number of anilines is 1. The van der Waals surface area contributed by atoms with Crippen molar-refractivity contribution in [1.29, 1.82) is 0 Å². The van der Waals surface area contributed by atoms with Crippen LogP contribution < -0.4 is 5.73 Å². The van der Waals surface area contributed by atoms with Crippen molar-refractivity contribution >= 4 is 11.5 Å². The number of carbonyl (C=O) groups excluding carboxylic acids is 1. The zero-order chi connectivity index (χ0) is 13.0. The molecular weight excluding hydrogens is 226 g/mol. The van der Waals surface area contributed by atoms with E-state index in [9.17, 15) is 4.79 Å². The smallest absolute Gasteiger partial charge is 0.137 e. The largest absolute Gasteiger partial charge is 0.399 e. The van der Waals surface area contributed by atoms with E-state index in [-0.39, 0.29) is 5.78 Å². The molecule has 0 aliphatic rings. The minimum atomic E-state index is 0.227. The third-order valence-corrected chi connectivity index (χ3v) is 2.80. The standard InChI is InChI=1S/C14H17N3O/c1-17-10-12(9-16-17)8-14(18)6-5-11-3-2-4-13(15)7-11/h2-4,7,9-10H,5-6,8,15H2,1H3. The molecule has 0 aliphatic carbocycles. The van der Waals surface area contributed by atoms with Gasteiger partial charge in [-0.1, -0.05) is 12.1 Å². The number of hydrogen-bond donors (Lipinski definition) is 1. The molecule has 4 heteroatoms. The van der Waals surface area contributed by atoms with Crippen molar-refractivity contribution in [2.75, 3.05) is 5.73 Å². The van der Waals surface area contributed by atoms with Crippen molar-refractivity contribution in [3.8, 4) is 0 Å². The van der Waals surface area contributed by atoms with Gasteiger partial charge in [0.25, 0.3) is 0 Å². The van der Waals surface area contributed by atoms with Gasteiger partial charge >= 0.3 is 0 Å². The molecule has 0 saturated heterocycles. The maximum atomic E-state index is 11.8. The number of ketones is 1. The Bertz CT molecular complexity index is 545. The summed E-state index contributed by atoms with van der Waals surface area (Å²) in [7, 11) is 1.85. The molecule has 0 spiro atoms. The Balaban J connectivity index is 1.85. The first-order valence-electron chi connectivity index (χ1n) is 5.97. The first-order chi connectivity index (χ1) is 8.63. The van der Waals surface area contributed by atoms with Crippen LogP contribution in [0.15, 0.2) is 36.7 Å². The Morgan fingerprint density at radius 2 is 2.22 bits per heavy atom. The van der Waals surface area contributed by atoms with Crippen molar-refractivity contribution in [2.24, 2.45) is 7.05 Å². The lowest BCUT2D eigenvalue weighted by Gasteiger charge is -2.02. The lowest BCUT2D eigenvalue weighted by Crippen LogP contribution is -2.04. The van der Waals surface area contributed by atoms with Gasteiger partial charge in [0.2, 0.25) is 0 Å². The number of aromatic nitrogens is 2. The summed E-state index contributed by atoms with van der Waals surface area (Å²) in [4.78, 5) is 11.8. The highest BCUT2D eigenvalue weighted by Crippen LogP contribution is 2.10. The summed E-state index contributed by atoms with van der Waals surface area (Å²) in [6, 6.07) is 7.67. The van der Waals surface area contributed by atoms with Crippen LogP contribution in [0, 0.1) is 0 Å². The van der Waals surface area contributed by atoms with E-state index in [1.807, 2.05) is 37.5 Å². The number of carbonyl (C=O) groups is 1. The summed E-state index contributed by atoms with van der Waals surface area (Å²) >= 11 is 0. The van der Waals surface area contributed by atoms with Crippen LogP contribution in [0.5, 0.6) is 0 Å². The number of benzene rings is 1. The molecule has 0 radical (unpaired) electrons. The molecule has 94 valence electrons. The van der Waals surface area contributed by atoms with Gasteiger partial charge in [0.05, 0.1) is 6.20 Å². The molecule has 0 aliphatic heterocycles. The number of nitrogens with zero attached hydrogens (tertiary/aromatic N) is 2. The topological polar surface area (TPSA) is 60.9 Å². The second-order valence-electron chi connectivity index (χ2n) is 4.48. The lowest BCUT2D eigenvalue weighted by molar-refractivity contribution is -0.118. The van der Waals surface area contributed by atoms with Gasteiger partial charge in [-0.05, 0) is 29.7 Å². The molecule has 0 amide bonds. The zero-order valence-corrected chi connectivity index (χ0v) is 10.5. The summed E-state index contributed by atoms with van der Waals surface area (Å²) in [6.07, 6.45) is 5.34. The molecule has 0 unspecified atom stereocenters. The van der Waals surface area contributed by atoms with Crippen LogP contribution >= 0.6 is 0 Å². The molecular formula is C14H17N3O. The van der Waals surface area contributed by atoms with Gasteiger partial charge in [0.1, 0.15) is 5.78 Å². The van der Waals surface area contributed by atoms with Crippen LogP contribution in [-0.2, 0) is 24.7 Å². The Hall–Kier alpha value is -2.10. The van der Waals surface area contributed by atoms with Gasteiger partial charge in [0, 0.05) is 31.8 Å². The molecule has 2 N–H and O–H groups in total. The number of aryl methyl sites for hydroxylation is 2. The van der Waals surface area contributed by atoms with Crippen LogP contribution in [0.1, 0.15) is 17.5 Å². The summed E-state index contributed by atoms with van der Waals surface area (Å²) < 4.78 is 1.71. The van der Waals surface area contributed by atoms with Gasteiger partial charge < -0.3 is 5.73 Å². The third-order valence-electron chi connectivity index (χ3n) is 2.80. The summed E-state index contributed by atoms with van der Waals surface area (Å²) in [5, 5.41) is 4.05. The highest BCUT2D eigenvalue weighted by Gasteiger charge is 2.06.